The van der Waals surface area contributed by atoms with Crippen LogP contribution in [0.15, 0.2) is 18.2 Å². The Hall–Kier alpha value is -1.84. The number of fused-ring (bicyclic) bond motifs is 1. The lowest BCUT2D eigenvalue weighted by atomic mass is 9.99. The summed E-state index contributed by atoms with van der Waals surface area (Å²) in [7, 11) is 0. The van der Waals surface area contributed by atoms with Crippen molar-refractivity contribution in [3.63, 3.8) is 0 Å². The summed E-state index contributed by atoms with van der Waals surface area (Å²) in [4.78, 5) is 24.0. The third kappa shape index (κ3) is 2.46. The fourth-order valence-electron chi connectivity index (χ4n) is 2.14. The molecule has 1 aliphatic heterocycles. The van der Waals surface area contributed by atoms with Gasteiger partial charge in [-0.05, 0) is 25.0 Å². The number of benzene rings is 1. The van der Waals surface area contributed by atoms with Crippen molar-refractivity contribution >= 4 is 17.6 Å². The average Bonchev–Trinajstić information content (AvgIpc) is 2.27. The quantitative estimate of drug-likeness (QED) is 0.865. The van der Waals surface area contributed by atoms with Crippen molar-refractivity contribution < 1.29 is 14.7 Å². The smallest absolute Gasteiger partial charge is 0.305 e. The Bertz CT molecular complexity index is 468. The van der Waals surface area contributed by atoms with E-state index in [2.05, 4.69) is 6.07 Å². The van der Waals surface area contributed by atoms with Crippen molar-refractivity contribution in [3.8, 4) is 0 Å². The lowest BCUT2D eigenvalue weighted by molar-refractivity contribution is -0.136. The van der Waals surface area contributed by atoms with Crippen LogP contribution in [-0.2, 0) is 16.0 Å². The number of aryl methyl sites for hydroxylation is 2. The van der Waals surface area contributed by atoms with E-state index >= 15 is 0 Å². The van der Waals surface area contributed by atoms with Crippen LogP contribution in [0.5, 0.6) is 0 Å². The Labute approximate surface area is 99.9 Å². The van der Waals surface area contributed by atoms with Gasteiger partial charge in [0.2, 0.25) is 5.91 Å². The predicted molar refractivity (Wildman–Crippen MR) is 64.1 cm³/mol. The summed E-state index contributed by atoms with van der Waals surface area (Å²) in [6.45, 7) is 2.27. The summed E-state index contributed by atoms with van der Waals surface area (Å²) in [6.07, 6.45) is 1.20. The summed E-state index contributed by atoms with van der Waals surface area (Å²) >= 11 is 0. The van der Waals surface area contributed by atoms with E-state index in [0.29, 0.717) is 6.42 Å². The lowest BCUT2D eigenvalue weighted by Gasteiger charge is -2.29. The van der Waals surface area contributed by atoms with E-state index in [1.165, 1.54) is 0 Å². The van der Waals surface area contributed by atoms with Crippen LogP contribution in [0.3, 0.4) is 0 Å². The fourth-order valence-corrected chi connectivity index (χ4v) is 2.14. The molecule has 1 aromatic rings. The number of rotatable bonds is 3. The van der Waals surface area contributed by atoms with Crippen LogP contribution in [0, 0.1) is 6.92 Å². The summed E-state index contributed by atoms with van der Waals surface area (Å²) in [5.74, 6) is -0.861. The van der Waals surface area contributed by atoms with Gasteiger partial charge in [0.05, 0.1) is 6.42 Å². The van der Waals surface area contributed by atoms with Gasteiger partial charge >= 0.3 is 5.97 Å². The van der Waals surface area contributed by atoms with Crippen LogP contribution in [0.25, 0.3) is 0 Å². The second-order valence-electron chi connectivity index (χ2n) is 4.32. The van der Waals surface area contributed by atoms with Gasteiger partial charge in [-0.2, -0.15) is 0 Å². The first kappa shape index (κ1) is 11.6. The summed E-state index contributed by atoms with van der Waals surface area (Å²) in [5, 5.41) is 8.68. The Morgan fingerprint density at radius 1 is 1.41 bits per heavy atom. The summed E-state index contributed by atoms with van der Waals surface area (Å²) < 4.78 is 0. The molecule has 0 atom stereocenters. The third-order valence-electron chi connectivity index (χ3n) is 2.98. The van der Waals surface area contributed by atoms with Gasteiger partial charge in [-0.15, -0.1) is 0 Å². The lowest BCUT2D eigenvalue weighted by Crippen LogP contribution is -2.36. The highest BCUT2D eigenvalue weighted by Crippen LogP contribution is 2.28. The fraction of sp³-hybridized carbons (Fsp3) is 0.385. The first-order valence-corrected chi connectivity index (χ1v) is 5.69. The minimum atomic E-state index is -0.878. The van der Waals surface area contributed by atoms with Gasteiger partial charge in [0.1, 0.15) is 0 Å². The molecular weight excluding hydrogens is 218 g/mol. The Morgan fingerprint density at radius 2 is 2.18 bits per heavy atom. The van der Waals surface area contributed by atoms with E-state index in [-0.39, 0.29) is 18.9 Å². The molecule has 1 N–H and O–H groups in total. The maximum Gasteiger partial charge on any atom is 0.305 e. The molecule has 0 aromatic heterocycles. The van der Waals surface area contributed by atoms with Crippen molar-refractivity contribution in [1.82, 2.24) is 0 Å². The van der Waals surface area contributed by atoms with Crippen LogP contribution in [0.4, 0.5) is 5.69 Å². The van der Waals surface area contributed by atoms with Crippen molar-refractivity contribution in [2.75, 3.05) is 11.4 Å². The Morgan fingerprint density at radius 3 is 2.88 bits per heavy atom. The van der Waals surface area contributed by atoms with Crippen LogP contribution in [-0.4, -0.2) is 23.5 Å². The van der Waals surface area contributed by atoms with Gasteiger partial charge in [0.25, 0.3) is 0 Å². The molecule has 1 aliphatic rings. The summed E-state index contributed by atoms with van der Waals surface area (Å²) in [5.41, 5.74) is 3.17. The van der Waals surface area contributed by atoms with Crippen LogP contribution in [0.1, 0.15) is 24.0 Å². The van der Waals surface area contributed by atoms with Crippen LogP contribution < -0.4 is 4.90 Å². The van der Waals surface area contributed by atoms with E-state index in [1.54, 1.807) is 4.90 Å². The van der Waals surface area contributed by atoms with Gasteiger partial charge in [-0.1, -0.05) is 17.7 Å². The number of hydrogen-bond acceptors (Lipinski definition) is 2. The van der Waals surface area contributed by atoms with E-state index in [0.717, 1.165) is 23.2 Å². The van der Waals surface area contributed by atoms with Gasteiger partial charge in [-0.25, -0.2) is 0 Å². The molecule has 0 saturated carbocycles. The molecule has 1 aromatic carbocycles. The zero-order valence-corrected chi connectivity index (χ0v) is 9.77. The third-order valence-corrected chi connectivity index (χ3v) is 2.98. The van der Waals surface area contributed by atoms with Gasteiger partial charge in [0.15, 0.2) is 0 Å². The van der Waals surface area contributed by atoms with Crippen molar-refractivity contribution in [3.05, 3.63) is 29.3 Å². The highest BCUT2D eigenvalue weighted by atomic mass is 16.4. The molecular formula is C13H15NO3. The molecule has 0 bridgehead atoms. The zero-order valence-electron chi connectivity index (χ0n) is 9.77. The minimum Gasteiger partial charge on any atom is -0.481 e. The summed E-state index contributed by atoms with van der Waals surface area (Å²) in [6, 6.07) is 5.92. The van der Waals surface area contributed by atoms with Crippen molar-refractivity contribution in [2.45, 2.75) is 26.2 Å². The average molecular weight is 233 g/mol. The van der Waals surface area contributed by atoms with Gasteiger partial charge < -0.3 is 10.0 Å². The van der Waals surface area contributed by atoms with Crippen molar-refractivity contribution in [1.29, 1.82) is 0 Å². The normalized spacial score (nSPS) is 14.6. The predicted octanol–water partition coefficient (Wildman–Crippen LogP) is 1.75. The minimum absolute atomic E-state index is 0.0148. The molecule has 90 valence electrons. The molecule has 4 nitrogen and oxygen atoms in total. The van der Waals surface area contributed by atoms with E-state index in [9.17, 15) is 9.59 Å². The monoisotopic (exact) mass is 233 g/mol. The number of nitrogens with zero attached hydrogens (tertiary/aromatic N) is 1. The van der Waals surface area contributed by atoms with Crippen molar-refractivity contribution in [2.24, 2.45) is 0 Å². The SMILES string of the molecule is Cc1ccc2c(c1)CCC(=O)N2CCC(=O)O. The molecule has 1 amide bonds. The number of carboxylic acids is 1. The number of aliphatic carboxylic acids is 1. The Balaban J connectivity index is 2.27. The largest absolute Gasteiger partial charge is 0.481 e. The zero-order chi connectivity index (χ0) is 12.4. The van der Waals surface area contributed by atoms with Crippen LogP contribution in [0.2, 0.25) is 0 Å². The number of amides is 1. The Kier molecular flexibility index (Phi) is 3.13. The molecule has 0 fully saturated rings. The molecule has 0 saturated heterocycles. The molecule has 17 heavy (non-hydrogen) atoms. The van der Waals surface area contributed by atoms with Gasteiger partial charge in [-0.3, -0.25) is 9.59 Å². The number of carboxylic acid groups (broad SMARTS) is 1. The highest BCUT2D eigenvalue weighted by molar-refractivity contribution is 5.96. The maximum atomic E-state index is 11.8. The first-order chi connectivity index (χ1) is 8.08. The second kappa shape index (κ2) is 4.57. The molecule has 4 heteroatoms. The second-order valence-corrected chi connectivity index (χ2v) is 4.32. The van der Waals surface area contributed by atoms with E-state index in [4.69, 9.17) is 5.11 Å². The molecule has 2 rings (SSSR count). The number of carbonyl (C=O) groups is 2. The number of hydrogen-bond donors (Lipinski definition) is 1. The topological polar surface area (TPSA) is 57.6 Å². The number of anilines is 1. The molecule has 0 unspecified atom stereocenters. The van der Waals surface area contributed by atoms with E-state index < -0.39 is 5.97 Å². The molecule has 0 radical (unpaired) electrons. The number of carbonyl (C=O) groups excluding carboxylic acids is 1. The first-order valence-electron chi connectivity index (χ1n) is 5.69. The van der Waals surface area contributed by atoms with Crippen LogP contribution >= 0.6 is 0 Å². The standard InChI is InChI=1S/C13H15NO3/c1-9-2-4-11-10(8-9)3-5-12(15)14(11)7-6-13(16)17/h2,4,8H,3,5-7H2,1H3,(H,16,17). The van der Waals surface area contributed by atoms with Gasteiger partial charge in [0, 0.05) is 18.7 Å². The maximum absolute atomic E-state index is 11.8. The molecule has 0 spiro atoms. The highest BCUT2D eigenvalue weighted by Gasteiger charge is 2.24. The molecule has 0 aliphatic carbocycles. The molecule has 1 heterocycles. The van der Waals surface area contributed by atoms with E-state index in [1.807, 2.05) is 19.1 Å².